The van der Waals surface area contributed by atoms with Crippen molar-refractivity contribution < 1.29 is 4.74 Å². The first-order valence-corrected chi connectivity index (χ1v) is 5.65. The average Bonchev–Trinajstić information content (AvgIpc) is 2.39. The summed E-state index contributed by atoms with van der Waals surface area (Å²) in [6.07, 6.45) is 2.28. The number of alkyl halides is 2. The Morgan fingerprint density at radius 3 is 2.23 bits per heavy atom. The predicted molar refractivity (Wildman–Crippen MR) is 57.4 cm³/mol. The van der Waals surface area contributed by atoms with Crippen molar-refractivity contribution in [2.24, 2.45) is 11.3 Å². The van der Waals surface area contributed by atoms with E-state index >= 15 is 0 Å². The molecule has 3 heteroatoms. The third-order valence-corrected chi connectivity index (χ3v) is 4.51. The van der Waals surface area contributed by atoms with Crippen molar-refractivity contribution in [3.05, 3.63) is 0 Å². The number of rotatable bonds is 5. The Hall–Kier alpha value is 0.540. The van der Waals surface area contributed by atoms with E-state index in [1.165, 1.54) is 6.42 Å². The van der Waals surface area contributed by atoms with E-state index < -0.39 is 4.33 Å². The van der Waals surface area contributed by atoms with Gasteiger partial charge in [-0.05, 0) is 6.42 Å². The van der Waals surface area contributed by atoms with Crippen molar-refractivity contribution in [2.45, 2.75) is 37.9 Å². The van der Waals surface area contributed by atoms with Crippen LogP contribution in [0.3, 0.4) is 0 Å². The van der Waals surface area contributed by atoms with Gasteiger partial charge < -0.3 is 4.74 Å². The molecule has 0 amide bonds. The maximum Gasteiger partial charge on any atom is 0.129 e. The highest BCUT2D eigenvalue weighted by molar-refractivity contribution is 6.51. The molecule has 0 aromatic carbocycles. The summed E-state index contributed by atoms with van der Waals surface area (Å²) in [6.45, 7) is 7.84. The fourth-order valence-electron chi connectivity index (χ4n) is 1.52. The average molecular weight is 225 g/mol. The predicted octanol–water partition coefficient (Wildman–Crippen LogP) is 3.63. The molecule has 1 aliphatic carbocycles. The van der Waals surface area contributed by atoms with Crippen LogP contribution >= 0.6 is 23.2 Å². The summed E-state index contributed by atoms with van der Waals surface area (Å²) >= 11 is 12.2. The maximum absolute atomic E-state index is 6.10. The van der Waals surface area contributed by atoms with Crippen LogP contribution in [0.15, 0.2) is 0 Å². The van der Waals surface area contributed by atoms with Crippen molar-refractivity contribution in [3.63, 3.8) is 0 Å². The van der Waals surface area contributed by atoms with Gasteiger partial charge in [0.2, 0.25) is 0 Å². The maximum atomic E-state index is 6.10. The summed E-state index contributed by atoms with van der Waals surface area (Å²) < 4.78 is 4.93. The molecule has 78 valence electrons. The van der Waals surface area contributed by atoms with Crippen LogP contribution in [0.2, 0.25) is 0 Å². The molecule has 0 aromatic rings. The van der Waals surface area contributed by atoms with Crippen LogP contribution < -0.4 is 0 Å². The van der Waals surface area contributed by atoms with Gasteiger partial charge in [0.1, 0.15) is 4.33 Å². The van der Waals surface area contributed by atoms with Crippen LogP contribution in [0.4, 0.5) is 0 Å². The molecule has 1 unspecified atom stereocenters. The molecule has 1 nitrogen and oxygen atoms in total. The summed E-state index contributed by atoms with van der Waals surface area (Å²) in [5.74, 6) is 0.292. The Bertz CT molecular complexity index is 164. The smallest absolute Gasteiger partial charge is 0.129 e. The van der Waals surface area contributed by atoms with Gasteiger partial charge in [0.05, 0.1) is 6.61 Å². The van der Waals surface area contributed by atoms with Gasteiger partial charge in [-0.25, -0.2) is 0 Å². The van der Waals surface area contributed by atoms with E-state index in [1.54, 1.807) is 0 Å². The second kappa shape index (κ2) is 3.96. The van der Waals surface area contributed by atoms with Crippen molar-refractivity contribution in [2.75, 3.05) is 13.2 Å². The van der Waals surface area contributed by atoms with Gasteiger partial charge in [0, 0.05) is 17.9 Å². The van der Waals surface area contributed by atoms with Gasteiger partial charge in [-0.15, -0.1) is 23.2 Å². The van der Waals surface area contributed by atoms with Crippen LogP contribution in [0.1, 0.15) is 33.6 Å². The lowest BCUT2D eigenvalue weighted by Gasteiger charge is -2.02. The van der Waals surface area contributed by atoms with Gasteiger partial charge in [-0.2, -0.15) is 0 Å². The molecule has 1 fully saturated rings. The normalized spacial score (nSPS) is 28.8. The van der Waals surface area contributed by atoms with Gasteiger partial charge >= 0.3 is 0 Å². The minimum atomic E-state index is -0.570. The molecular formula is C10H18Cl2O. The third-order valence-electron chi connectivity index (χ3n) is 3.01. The zero-order valence-electron chi connectivity index (χ0n) is 8.57. The van der Waals surface area contributed by atoms with E-state index in [9.17, 15) is 0 Å². The van der Waals surface area contributed by atoms with E-state index in [0.29, 0.717) is 12.5 Å². The summed E-state index contributed by atoms with van der Waals surface area (Å²) in [4.78, 5) is 0. The van der Waals surface area contributed by atoms with Gasteiger partial charge in [0.25, 0.3) is 0 Å². The highest BCUT2D eigenvalue weighted by Crippen LogP contribution is 2.68. The fraction of sp³-hybridized carbons (Fsp3) is 1.00. The SMILES string of the molecule is CCCCOCC1C(C)(C)C1(Cl)Cl. The quantitative estimate of drug-likeness (QED) is 0.512. The lowest BCUT2D eigenvalue weighted by molar-refractivity contribution is 0.113. The van der Waals surface area contributed by atoms with E-state index in [0.717, 1.165) is 13.0 Å². The molecule has 0 aromatic heterocycles. The zero-order chi connectivity index (χ0) is 10.1. The van der Waals surface area contributed by atoms with Crippen molar-refractivity contribution in [3.8, 4) is 0 Å². The van der Waals surface area contributed by atoms with Crippen LogP contribution in [-0.4, -0.2) is 17.5 Å². The fourth-order valence-corrected chi connectivity index (χ4v) is 2.34. The molecule has 1 saturated carbocycles. The highest BCUT2D eigenvalue weighted by atomic mass is 35.5. The Balaban J connectivity index is 2.19. The van der Waals surface area contributed by atoms with E-state index in [2.05, 4.69) is 20.8 Å². The Morgan fingerprint density at radius 2 is 1.85 bits per heavy atom. The van der Waals surface area contributed by atoms with Gasteiger partial charge in [-0.1, -0.05) is 27.2 Å². The molecule has 0 saturated heterocycles. The van der Waals surface area contributed by atoms with E-state index in [1.807, 2.05) is 0 Å². The monoisotopic (exact) mass is 224 g/mol. The first-order chi connectivity index (χ1) is 5.94. The molecule has 1 rings (SSSR count). The van der Waals surface area contributed by atoms with Gasteiger partial charge in [0.15, 0.2) is 0 Å². The Labute approximate surface area is 90.7 Å². The summed E-state index contributed by atoms with van der Waals surface area (Å²) in [7, 11) is 0. The molecule has 0 aliphatic heterocycles. The van der Waals surface area contributed by atoms with Crippen LogP contribution in [0, 0.1) is 11.3 Å². The number of hydrogen-bond acceptors (Lipinski definition) is 1. The van der Waals surface area contributed by atoms with Crippen molar-refractivity contribution in [1.29, 1.82) is 0 Å². The molecule has 0 N–H and O–H groups in total. The number of unbranched alkanes of at least 4 members (excludes halogenated alkanes) is 1. The molecular weight excluding hydrogens is 207 g/mol. The Kier molecular flexibility index (Phi) is 3.54. The minimum absolute atomic E-state index is 0.0162. The standard InChI is InChI=1S/C10H18Cl2O/c1-4-5-6-13-7-8-9(2,3)10(8,11)12/h8H,4-7H2,1-3H3. The second-order valence-electron chi connectivity index (χ2n) is 4.33. The number of hydrogen-bond donors (Lipinski definition) is 0. The van der Waals surface area contributed by atoms with Gasteiger partial charge in [-0.3, -0.25) is 0 Å². The number of halogens is 2. The molecule has 0 spiro atoms. The summed E-state index contributed by atoms with van der Waals surface area (Å²) in [6, 6.07) is 0. The topological polar surface area (TPSA) is 9.23 Å². The molecule has 0 radical (unpaired) electrons. The zero-order valence-corrected chi connectivity index (χ0v) is 10.1. The van der Waals surface area contributed by atoms with Crippen LogP contribution in [-0.2, 0) is 4.74 Å². The Morgan fingerprint density at radius 1 is 1.31 bits per heavy atom. The van der Waals surface area contributed by atoms with Crippen molar-refractivity contribution >= 4 is 23.2 Å². The largest absolute Gasteiger partial charge is 0.381 e. The lowest BCUT2D eigenvalue weighted by Crippen LogP contribution is -2.03. The molecule has 1 aliphatic rings. The van der Waals surface area contributed by atoms with E-state index in [4.69, 9.17) is 27.9 Å². The summed E-state index contributed by atoms with van der Waals surface area (Å²) in [5.41, 5.74) is 0.0162. The molecule has 1 atom stereocenters. The second-order valence-corrected chi connectivity index (χ2v) is 5.71. The first kappa shape index (κ1) is 11.6. The minimum Gasteiger partial charge on any atom is -0.381 e. The van der Waals surface area contributed by atoms with Crippen LogP contribution in [0.25, 0.3) is 0 Å². The van der Waals surface area contributed by atoms with E-state index in [-0.39, 0.29) is 5.41 Å². The molecule has 13 heavy (non-hydrogen) atoms. The highest BCUT2D eigenvalue weighted by Gasteiger charge is 2.69. The molecule has 0 heterocycles. The lowest BCUT2D eigenvalue weighted by atomic mass is 10.1. The summed E-state index contributed by atoms with van der Waals surface area (Å²) in [5, 5.41) is 0. The molecule has 0 bridgehead atoms. The third kappa shape index (κ3) is 2.14. The van der Waals surface area contributed by atoms with Crippen LogP contribution in [0.5, 0.6) is 0 Å². The van der Waals surface area contributed by atoms with Crippen molar-refractivity contribution in [1.82, 2.24) is 0 Å². The number of ether oxygens (including phenoxy) is 1. The first-order valence-electron chi connectivity index (χ1n) is 4.90.